The highest BCUT2D eigenvalue weighted by Crippen LogP contribution is 2.65. The van der Waals surface area contributed by atoms with Crippen molar-refractivity contribution in [2.45, 2.75) is 58.9 Å². The summed E-state index contributed by atoms with van der Waals surface area (Å²) >= 11 is 0. The largest absolute Gasteiger partial charge is 0.469 e. The van der Waals surface area contributed by atoms with E-state index in [9.17, 15) is 9.59 Å². The molecule has 1 heterocycles. The average Bonchev–Trinajstić information content (AvgIpc) is 2.87. The van der Waals surface area contributed by atoms with Gasteiger partial charge in [0.05, 0.1) is 13.0 Å². The maximum atomic E-state index is 12.7. The first-order chi connectivity index (χ1) is 10.8. The molecule has 0 aromatic carbocycles. The van der Waals surface area contributed by atoms with E-state index in [0.29, 0.717) is 17.9 Å². The second-order valence-corrected chi connectivity index (χ2v) is 8.42. The van der Waals surface area contributed by atoms with Crippen LogP contribution in [-0.2, 0) is 9.53 Å². The lowest BCUT2D eigenvalue weighted by Gasteiger charge is -2.41. The van der Waals surface area contributed by atoms with Crippen molar-refractivity contribution >= 4 is 12.0 Å². The van der Waals surface area contributed by atoms with Gasteiger partial charge in [0.2, 0.25) is 0 Å². The molecule has 0 radical (unpaired) electrons. The quantitative estimate of drug-likeness (QED) is 0.795. The molecule has 0 aromatic heterocycles. The molecule has 4 atom stereocenters. The molecule has 1 saturated heterocycles. The number of urea groups is 1. The predicted octanol–water partition coefficient (Wildman–Crippen LogP) is 2.80. The van der Waals surface area contributed by atoms with Gasteiger partial charge >= 0.3 is 12.0 Å². The third-order valence-corrected chi connectivity index (χ3v) is 7.33. The van der Waals surface area contributed by atoms with E-state index >= 15 is 0 Å². The normalized spacial score (nSPS) is 38.4. The van der Waals surface area contributed by atoms with Crippen LogP contribution in [0, 0.1) is 22.7 Å². The van der Waals surface area contributed by atoms with Crippen molar-refractivity contribution in [2.24, 2.45) is 22.7 Å². The van der Waals surface area contributed by atoms with E-state index in [1.54, 1.807) is 4.90 Å². The third-order valence-electron chi connectivity index (χ3n) is 7.33. The van der Waals surface area contributed by atoms with Crippen LogP contribution in [-0.4, -0.2) is 43.1 Å². The van der Waals surface area contributed by atoms with Crippen LogP contribution < -0.4 is 5.32 Å². The Labute approximate surface area is 139 Å². The minimum Gasteiger partial charge on any atom is -0.469 e. The van der Waals surface area contributed by atoms with Crippen LogP contribution >= 0.6 is 0 Å². The van der Waals surface area contributed by atoms with Crippen LogP contribution in [0.5, 0.6) is 0 Å². The predicted molar refractivity (Wildman–Crippen MR) is 87.9 cm³/mol. The molecule has 23 heavy (non-hydrogen) atoms. The topological polar surface area (TPSA) is 58.6 Å². The number of methoxy groups -OCH3 is 1. The summed E-state index contributed by atoms with van der Waals surface area (Å²) in [6, 6.07) is 0.246. The van der Waals surface area contributed by atoms with Crippen molar-refractivity contribution in [2.75, 3.05) is 20.2 Å². The molecule has 3 rings (SSSR count). The summed E-state index contributed by atoms with van der Waals surface area (Å²) in [5.74, 6) is 0.337. The highest BCUT2D eigenvalue weighted by molar-refractivity contribution is 5.77. The number of fused-ring (bicyclic) bond motifs is 2. The fourth-order valence-corrected chi connectivity index (χ4v) is 5.18. The maximum Gasteiger partial charge on any atom is 0.317 e. The maximum absolute atomic E-state index is 12.7. The Kier molecular flexibility index (Phi) is 4.09. The molecule has 2 aliphatic carbocycles. The summed E-state index contributed by atoms with van der Waals surface area (Å²) < 4.78 is 4.84. The zero-order valence-corrected chi connectivity index (χ0v) is 14.9. The van der Waals surface area contributed by atoms with E-state index in [0.717, 1.165) is 25.8 Å². The number of nitrogens with zero attached hydrogens (tertiary/aromatic N) is 1. The first kappa shape index (κ1) is 16.6. The van der Waals surface area contributed by atoms with Gasteiger partial charge in [-0.25, -0.2) is 4.79 Å². The zero-order chi connectivity index (χ0) is 16.8. The van der Waals surface area contributed by atoms with Crippen molar-refractivity contribution in [1.82, 2.24) is 10.2 Å². The highest BCUT2D eigenvalue weighted by atomic mass is 16.5. The highest BCUT2D eigenvalue weighted by Gasteiger charge is 2.61. The number of ether oxygens (including phenoxy) is 1. The lowest BCUT2D eigenvalue weighted by molar-refractivity contribution is -0.146. The number of amides is 2. The summed E-state index contributed by atoms with van der Waals surface area (Å²) in [4.78, 5) is 26.2. The fourth-order valence-electron chi connectivity index (χ4n) is 5.18. The number of hydrogen-bond donors (Lipinski definition) is 1. The Balaban J connectivity index is 1.63. The molecule has 0 aromatic rings. The van der Waals surface area contributed by atoms with Gasteiger partial charge in [-0.1, -0.05) is 20.8 Å². The van der Waals surface area contributed by atoms with Crippen molar-refractivity contribution in [3.63, 3.8) is 0 Å². The molecular weight excluding hydrogens is 292 g/mol. The monoisotopic (exact) mass is 322 g/mol. The van der Waals surface area contributed by atoms with Gasteiger partial charge in [-0.3, -0.25) is 4.79 Å². The molecule has 2 bridgehead atoms. The molecular formula is C18H30N2O3. The first-order valence-electron chi connectivity index (χ1n) is 8.93. The Morgan fingerprint density at radius 3 is 2.52 bits per heavy atom. The molecule has 5 heteroatoms. The van der Waals surface area contributed by atoms with E-state index in [1.165, 1.54) is 20.0 Å². The molecule has 1 N–H and O–H groups in total. The fraction of sp³-hybridized carbons (Fsp3) is 0.889. The first-order valence-corrected chi connectivity index (χ1v) is 8.93. The summed E-state index contributed by atoms with van der Waals surface area (Å²) in [6.45, 7) is 8.25. The van der Waals surface area contributed by atoms with Crippen LogP contribution in [0.3, 0.4) is 0 Å². The Morgan fingerprint density at radius 2 is 1.96 bits per heavy atom. The standard InChI is InChI=1S/C18H30N2O3/c1-17(2)13-7-8-18(17,3)14(10-13)19-16(22)20-9-5-6-12(11-20)15(21)23-4/h12-14H,5-11H2,1-4H3,(H,19,22)/t12-,13+,14+,18+/m0/s1. The SMILES string of the molecule is COC(=O)[C@H]1CCCN(C(=O)N[C@@H]2C[C@H]3CC[C@@]2(C)C3(C)C)C1. The van der Waals surface area contributed by atoms with Crippen molar-refractivity contribution < 1.29 is 14.3 Å². The molecule has 130 valence electrons. The molecule has 1 aliphatic heterocycles. The summed E-state index contributed by atoms with van der Waals surface area (Å²) in [6.07, 6.45) is 5.24. The Morgan fingerprint density at radius 1 is 1.22 bits per heavy atom. The van der Waals surface area contributed by atoms with Crippen molar-refractivity contribution in [1.29, 1.82) is 0 Å². The lowest BCUT2D eigenvalue weighted by Crippen LogP contribution is -2.53. The summed E-state index contributed by atoms with van der Waals surface area (Å²) in [7, 11) is 1.42. The van der Waals surface area contributed by atoms with Crippen LogP contribution in [0.1, 0.15) is 52.9 Å². The minimum atomic E-state index is -0.199. The lowest BCUT2D eigenvalue weighted by atomic mass is 9.69. The Hall–Kier alpha value is -1.26. The molecule has 2 amide bonds. The molecule has 2 saturated carbocycles. The number of hydrogen-bond acceptors (Lipinski definition) is 3. The smallest absolute Gasteiger partial charge is 0.317 e. The second kappa shape index (κ2) is 5.67. The Bertz CT molecular complexity index is 504. The molecule has 0 spiro atoms. The second-order valence-electron chi connectivity index (χ2n) is 8.42. The van der Waals surface area contributed by atoms with Crippen molar-refractivity contribution in [3.05, 3.63) is 0 Å². The van der Waals surface area contributed by atoms with Crippen LogP contribution in [0.2, 0.25) is 0 Å². The minimum absolute atomic E-state index is 0.00632. The van der Waals surface area contributed by atoms with Crippen LogP contribution in [0.4, 0.5) is 4.79 Å². The van der Waals surface area contributed by atoms with E-state index in [4.69, 9.17) is 4.74 Å². The van der Waals surface area contributed by atoms with E-state index in [2.05, 4.69) is 26.1 Å². The van der Waals surface area contributed by atoms with E-state index < -0.39 is 0 Å². The average molecular weight is 322 g/mol. The molecule has 0 unspecified atom stereocenters. The van der Waals surface area contributed by atoms with E-state index in [-0.39, 0.29) is 29.4 Å². The zero-order valence-electron chi connectivity index (χ0n) is 14.9. The molecule has 5 nitrogen and oxygen atoms in total. The van der Waals surface area contributed by atoms with Gasteiger partial charge in [-0.05, 0) is 48.9 Å². The number of rotatable bonds is 2. The summed E-state index contributed by atoms with van der Waals surface area (Å²) in [5.41, 5.74) is 0.478. The number of likely N-dealkylation sites (tertiary alicyclic amines) is 1. The van der Waals surface area contributed by atoms with Crippen LogP contribution in [0.25, 0.3) is 0 Å². The molecule has 3 aliphatic rings. The summed E-state index contributed by atoms with van der Waals surface area (Å²) in [5, 5.41) is 3.29. The van der Waals surface area contributed by atoms with Gasteiger partial charge in [-0.2, -0.15) is 0 Å². The molecule has 3 fully saturated rings. The van der Waals surface area contributed by atoms with Gasteiger partial charge in [0.15, 0.2) is 0 Å². The van der Waals surface area contributed by atoms with Gasteiger partial charge in [0.1, 0.15) is 0 Å². The van der Waals surface area contributed by atoms with Gasteiger partial charge in [0.25, 0.3) is 0 Å². The van der Waals surface area contributed by atoms with Crippen molar-refractivity contribution in [3.8, 4) is 0 Å². The van der Waals surface area contributed by atoms with E-state index in [1.807, 2.05) is 0 Å². The van der Waals surface area contributed by atoms with Gasteiger partial charge < -0.3 is 15.0 Å². The van der Waals surface area contributed by atoms with Gasteiger partial charge in [0, 0.05) is 19.1 Å². The number of carbonyl (C=O) groups is 2. The number of piperidine rings is 1. The third kappa shape index (κ3) is 2.52. The van der Waals surface area contributed by atoms with Crippen LogP contribution in [0.15, 0.2) is 0 Å². The number of carbonyl (C=O) groups excluding carboxylic acids is 2. The number of nitrogens with one attached hydrogen (secondary N) is 1. The van der Waals surface area contributed by atoms with Gasteiger partial charge in [-0.15, -0.1) is 0 Å². The number of esters is 1.